The summed E-state index contributed by atoms with van der Waals surface area (Å²) >= 11 is 0. The number of fused-ring (bicyclic) bond motifs is 2. The van der Waals surface area contributed by atoms with Gasteiger partial charge in [0.1, 0.15) is 6.61 Å². The summed E-state index contributed by atoms with van der Waals surface area (Å²) < 4.78 is 12.3. The molecule has 2 bridgehead atoms. The van der Waals surface area contributed by atoms with Crippen LogP contribution in [0.5, 0.6) is 0 Å². The minimum atomic E-state index is -0.241. The number of alkyl carbamates (subject to hydrolysis) is 1. The highest BCUT2D eigenvalue weighted by Gasteiger charge is 2.54. The van der Waals surface area contributed by atoms with Crippen molar-refractivity contribution in [3.8, 4) is 0 Å². The number of carbonyl (C=O) groups excluding carboxylic acids is 1. The number of allylic oxidation sites excluding steroid dienone is 1. The molecule has 0 radical (unpaired) electrons. The Morgan fingerprint density at radius 2 is 1.97 bits per heavy atom. The van der Waals surface area contributed by atoms with Crippen LogP contribution in [0.15, 0.2) is 11.6 Å². The van der Waals surface area contributed by atoms with Gasteiger partial charge in [-0.3, -0.25) is 0 Å². The Bertz CT molecular complexity index is 568. The summed E-state index contributed by atoms with van der Waals surface area (Å²) in [6, 6.07) is 0.292. The summed E-state index contributed by atoms with van der Waals surface area (Å²) in [4.78, 5) is 12.5. The van der Waals surface area contributed by atoms with Crippen LogP contribution < -0.4 is 5.32 Å². The molecule has 0 aromatic rings. The minimum Gasteiger partial charge on any atom is -0.449 e. The smallest absolute Gasteiger partial charge is 0.407 e. The van der Waals surface area contributed by atoms with Gasteiger partial charge >= 0.3 is 6.09 Å². The van der Waals surface area contributed by atoms with E-state index in [0.717, 1.165) is 19.3 Å². The fourth-order valence-electron chi connectivity index (χ4n) is 6.08. The van der Waals surface area contributed by atoms with E-state index in [4.69, 9.17) is 9.47 Å². The molecule has 1 saturated heterocycles. The van der Waals surface area contributed by atoms with E-state index >= 15 is 0 Å². The molecule has 3 rings (SSSR count). The molecule has 4 heteroatoms. The molecular formula is C25H43NO3. The molecule has 2 aliphatic carbocycles. The average molecular weight is 406 g/mol. The quantitative estimate of drug-likeness (QED) is 0.383. The van der Waals surface area contributed by atoms with Gasteiger partial charge < -0.3 is 14.8 Å². The van der Waals surface area contributed by atoms with Crippen molar-refractivity contribution in [2.45, 2.75) is 104 Å². The molecule has 0 aromatic carbocycles. The first kappa shape index (κ1) is 22.7. The van der Waals surface area contributed by atoms with Crippen LogP contribution in [-0.4, -0.2) is 31.5 Å². The summed E-state index contributed by atoms with van der Waals surface area (Å²) in [5.41, 5.74) is 1.36. The van der Waals surface area contributed by atoms with Crippen molar-refractivity contribution in [3.05, 3.63) is 11.6 Å². The molecule has 2 fully saturated rings. The van der Waals surface area contributed by atoms with Crippen LogP contribution >= 0.6 is 0 Å². The van der Waals surface area contributed by atoms with E-state index in [-0.39, 0.29) is 11.5 Å². The fourth-order valence-corrected chi connectivity index (χ4v) is 6.08. The second-order valence-electron chi connectivity index (χ2n) is 10.0. The van der Waals surface area contributed by atoms with Crippen molar-refractivity contribution in [3.63, 3.8) is 0 Å². The predicted octanol–water partition coefficient (Wildman–Crippen LogP) is 6.25. The number of nitrogens with one attached hydrogen (secondary N) is 1. The van der Waals surface area contributed by atoms with Crippen molar-refractivity contribution in [1.29, 1.82) is 0 Å². The molecule has 3 aliphatic rings. The lowest BCUT2D eigenvalue weighted by molar-refractivity contribution is -0.165. The zero-order chi connectivity index (χ0) is 20.9. The predicted molar refractivity (Wildman–Crippen MR) is 118 cm³/mol. The number of hydrogen-bond donors (Lipinski definition) is 1. The van der Waals surface area contributed by atoms with Crippen LogP contribution in [0.1, 0.15) is 91.9 Å². The highest BCUT2D eigenvalue weighted by atomic mass is 16.6. The Kier molecular flexibility index (Phi) is 8.07. The molecule has 0 aromatic heterocycles. The zero-order valence-electron chi connectivity index (χ0n) is 19.2. The molecule has 1 aliphatic heterocycles. The van der Waals surface area contributed by atoms with Crippen molar-refractivity contribution in [1.82, 2.24) is 5.32 Å². The molecule has 1 N–H and O–H groups in total. The van der Waals surface area contributed by atoms with E-state index in [9.17, 15) is 4.79 Å². The van der Waals surface area contributed by atoms with Gasteiger partial charge in [0, 0.05) is 17.4 Å². The normalized spacial score (nSPS) is 35.1. The van der Waals surface area contributed by atoms with E-state index in [2.05, 4.69) is 39.1 Å². The summed E-state index contributed by atoms with van der Waals surface area (Å²) in [6.07, 6.45) is 14.6. The highest BCUT2D eigenvalue weighted by Crippen LogP contribution is 2.53. The van der Waals surface area contributed by atoms with Gasteiger partial charge in [-0.15, -0.1) is 0 Å². The van der Waals surface area contributed by atoms with Crippen molar-refractivity contribution < 1.29 is 14.3 Å². The first-order chi connectivity index (χ1) is 14.0. The number of amides is 1. The van der Waals surface area contributed by atoms with Crippen LogP contribution in [0.4, 0.5) is 4.79 Å². The van der Waals surface area contributed by atoms with Crippen LogP contribution in [-0.2, 0) is 9.47 Å². The van der Waals surface area contributed by atoms with E-state index in [1.165, 1.54) is 50.5 Å². The van der Waals surface area contributed by atoms with Gasteiger partial charge in [0.25, 0.3) is 0 Å². The van der Waals surface area contributed by atoms with Gasteiger partial charge in [0.05, 0.1) is 12.7 Å². The van der Waals surface area contributed by atoms with E-state index in [0.29, 0.717) is 43.1 Å². The molecule has 5 atom stereocenters. The van der Waals surface area contributed by atoms with Crippen LogP contribution in [0.3, 0.4) is 0 Å². The average Bonchev–Trinajstić information content (AvgIpc) is 2.70. The number of unbranched alkanes of at least 4 members (excludes halogenated alkanes) is 3. The molecule has 0 spiro atoms. The molecule has 1 saturated carbocycles. The fraction of sp³-hybridized carbons (Fsp3) is 0.880. The summed E-state index contributed by atoms with van der Waals surface area (Å²) in [7, 11) is 0. The van der Waals surface area contributed by atoms with E-state index in [1.807, 2.05) is 0 Å². The SMILES string of the molecule is CCCCCC[C@@H]1OC[C@@]2(COC(=O)NC3CCCCC3)[C@H](C)C=C(C)[C@@H]1[C@@H]2C. The first-order valence-electron chi connectivity index (χ1n) is 12.2. The van der Waals surface area contributed by atoms with Gasteiger partial charge in [0.15, 0.2) is 0 Å². The molecular weight excluding hydrogens is 362 g/mol. The Balaban J connectivity index is 1.60. The standard InChI is InChI=1S/C25H43NO3/c1-5-6-7-11-14-22-23-18(2)15-19(3)25(16-28-22,20(23)4)17-29-24(27)26-21-12-9-8-10-13-21/h15,19-23H,5-14,16-17H2,1-4H3,(H,26,27)/t19-,20+,22+,23-,25-/m1/s1. The molecule has 29 heavy (non-hydrogen) atoms. The summed E-state index contributed by atoms with van der Waals surface area (Å²) in [5, 5.41) is 3.10. The Morgan fingerprint density at radius 3 is 2.69 bits per heavy atom. The van der Waals surface area contributed by atoms with Crippen molar-refractivity contribution in [2.24, 2.45) is 23.2 Å². The number of ether oxygens (including phenoxy) is 2. The molecule has 1 amide bonds. The van der Waals surface area contributed by atoms with Gasteiger partial charge in [-0.2, -0.15) is 0 Å². The molecule has 166 valence electrons. The number of rotatable bonds is 8. The second kappa shape index (κ2) is 10.3. The zero-order valence-corrected chi connectivity index (χ0v) is 19.2. The summed E-state index contributed by atoms with van der Waals surface area (Å²) in [6.45, 7) is 10.3. The van der Waals surface area contributed by atoms with Crippen LogP contribution in [0, 0.1) is 23.2 Å². The third-order valence-corrected chi connectivity index (χ3v) is 8.10. The molecule has 4 nitrogen and oxygen atoms in total. The minimum absolute atomic E-state index is 0.103. The number of hydrogen-bond acceptors (Lipinski definition) is 3. The molecule has 0 unspecified atom stereocenters. The van der Waals surface area contributed by atoms with Crippen molar-refractivity contribution in [2.75, 3.05) is 13.2 Å². The lowest BCUT2D eigenvalue weighted by Crippen LogP contribution is -2.57. The maximum absolute atomic E-state index is 12.5. The molecule has 1 heterocycles. The Morgan fingerprint density at radius 1 is 1.21 bits per heavy atom. The second-order valence-corrected chi connectivity index (χ2v) is 10.0. The van der Waals surface area contributed by atoms with E-state index < -0.39 is 0 Å². The van der Waals surface area contributed by atoms with Crippen LogP contribution in [0.25, 0.3) is 0 Å². The van der Waals surface area contributed by atoms with Gasteiger partial charge in [-0.1, -0.05) is 77.4 Å². The Hall–Kier alpha value is -1.03. The third kappa shape index (κ3) is 5.18. The maximum atomic E-state index is 12.5. The number of carbonyl (C=O) groups is 1. The monoisotopic (exact) mass is 405 g/mol. The topological polar surface area (TPSA) is 47.6 Å². The van der Waals surface area contributed by atoms with Gasteiger partial charge in [0.2, 0.25) is 0 Å². The van der Waals surface area contributed by atoms with Gasteiger partial charge in [-0.25, -0.2) is 4.79 Å². The largest absolute Gasteiger partial charge is 0.449 e. The van der Waals surface area contributed by atoms with E-state index in [1.54, 1.807) is 0 Å². The first-order valence-corrected chi connectivity index (χ1v) is 12.2. The maximum Gasteiger partial charge on any atom is 0.407 e. The Labute approximate surface area is 178 Å². The van der Waals surface area contributed by atoms with Crippen molar-refractivity contribution >= 4 is 6.09 Å². The van der Waals surface area contributed by atoms with Gasteiger partial charge in [-0.05, 0) is 38.0 Å². The lowest BCUT2D eigenvalue weighted by Gasteiger charge is -2.55. The third-order valence-electron chi connectivity index (χ3n) is 8.10. The highest BCUT2D eigenvalue weighted by molar-refractivity contribution is 5.67. The summed E-state index contributed by atoms with van der Waals surface area (Å²) in [5.74, 6) is 1.28. The lowest BCUT2D eigenvalue weighted by atomic mass is 9.56. The van der Waals surface area contributed by atoms with Crippen LogP contribution in [0.2, 0.25) is 0 Å².